The molecule has 3 unspecified atom stereocenters. The van der Waals surface area contributed by atoms with Crippen molar-refractivity contribution in [1.29, 1.82) is 0 Å². The van der Waals surface area contributed by atoms with Crippen molar-refractivity contribution in [1.82, 2.24) is 4.90 Å². The smallest absolute Gasteiger partial charge is 0.407 e. The van der Waals surface area contributed by atoms with Gasteiger partial charge in [0.05, 0.1) is 18.2 Å². The summed E-state index contributed by atoms with van der Waals surface area (Å²) in [5.41, 5.74) is -2.47. The Morgan fingerprint density at radius 3 is 2.65 bits per heavy atom. The van der Waals surface area contributed by atoms with Crippen LogP contribution in [0.3, 0.4) is 0 Å². The van der Waals surface area contributed by atoms with E-state index in [1.54, 1.807) is 6.08 Å². The van der Waals surface area contributed by atoms with Gasteiger partial charge in [-0.05, 0) is 12.8 Å². The second kappa shape index (κ2) is 5.21. The van der Waals surface area contributed by atoms with Gasteiger partial charge in [0, 0.05) is 13.0 Å². The predicted molar refractivity (Wildman–Crippen MR) is 76.5 cm³/mol. The van der Waals surface area contributed by atoms with Gasteiger partial charge in [-0.3, -0.25) is 0 Å². The lowest BCUT2D eigenvalue weighted by atomic mass is 9.87. The number of amides is 1. The minimum Gasteiger partial charge on any atom is -0.465 e. The van der Waals surface area contributed by atoms with Crippen LogP contribution >= 0.6 is 34.8 Å². The molecular formula is C12H16Cl3NO4. The number of aliphatic hydroxyl groups is 1. The largest absolute Gasteiger partial charge is 0.465 e. The molecule has 0 aliphatic carbocycles. The number of alkyl halides is 3. The number of halogens is 3. The van der Waals surface area contributed by atoms with Crippen LogP contribution < -0.4 is 0 Å². The third-order valence-corrected chi connectivity index (χ3v) is 4.96. The fourth-order valence-corrected chi connectivity index (χ4v) is 3.54. The van der Waals surface area contributed by atoms with Gasteiger partial charge in [0.2, 0.25) is 3.79 Å². The first kappa shape index (κ1) is 16.2. The van der Waals surface area contributed by atoms with Crippen molar-refractivity contribution in [3.63, 3.8) is 0 Å². The van der Waals surface area contributed by atoms with Crippen molar-refractivity contribution < 1.29 is 19.7 Å². The molecule has 1 amide bonds. The number of rotatable bonds is 2. The van der Waals surface area contributed by atoms with E-state index in [4.69, 9.17) is 44.6 Å². The molecular weight excluding hydrogens is 328 g/mol. The summed E-state index contributed by atoms with van der Waals surface area (Å²) in [4.78, 5) is 12.3. The van der Waals surface area contributed by atoms with Gasteiger partial charge in [0.1, 0.15) is 5.60 Å². The van der Waals surface area contributed by atoms with E-state index in [1.165, 1.54) is 4.90 Å². The van der Waals surface area contributed by atoms with Gasteiger partial charge < -0.3 is 19.8 Å². The molecule has 5 nitrogen and oxygen atoms in total. The molecule has 2 aliphatic rings. The highest BCUT2D eigenvalue weighted by Crippen LogP contribution is 2.54. The number of ether oxygens (including phenoxy) is 1. The Balaban J connectivity index is 2.25. The number of carbonyl (C=O) groups is 1. The SMILES string of the molecule is C=CCC1OC2(CCN(C(=O)O)C2)CC1(O)C(Cl)(Cl)Cl. The molecule has 2 rings (SSSR count). The molecule has 1 spiro atoms. The first-order valence-electron chi connectivity index (χ1n) is 6.19. The molecule has 0 aromatic heterocycles. The van der Waals surface area contributed by atoms with Crippen LogP contribution in [0, 0.1) is 0 Å². The second-order valence-electron chi connectivity index (χ2n) is 5.37. The number of nitrogens with zero attached hydrogens (tertiary/aromatic N) is 1. The van der Waals surface area contributed by atoms with Crippen molar-refractivity contribution >= 4 is 40.9 Å². The Morgan fingerprint density at radius 2 is 2.20 bits per heavy atom. The van der Waals surface area contributed by atoms with Gasteiger partial charge in [-0.2, -0.15) is 0 Å². The topological polar surface area (TPSA) is 70.0 Å². The first-order valence-corrected chi connectivity index (χ1v) is 7.33. The van der Waals surface area contributed by atoms with Crippen molar-refractivity contribution in [2.75, 3.05) is 13.1 Å². The van der Waals surface area contributed by atoms with Gasteiger partial charge in [-0.15, -0.1) is 6.58 Å². The Hall–Kier alpha value is -0.200. The molecule has 2 heterocycles. The van der Waals surface area contributed by atoms with E-state index in [0.717, 1.165) is 0 Å². The number of hydrogen-bond acceptors (Lipinski definition) is 3. The van der Waals surface area contributed by atoms with E-state index < -0.39 is 27.2 Å². The molecule has 2 fully saturated rings. The average Bonchev–Trinajstić information content (AvgIpc) is 2.83. The van der Waals surface area contributed by atoms with Gasteiger partial charge in [-0.1, -0.05) is 40.9 Å². The minimum absolute atomic E-state index is 0.0821. The Bertz CT molecular complexity index is 427. The molecule has 8 heteroatoms. The zero-order valence-corrected chi connectivity index (χ0v) is 13.0. The maximum absolute atomic E-state index is 11.0. The van der Waals surface area contributed by atoms with Gasteiger partial charge in [0.15, 0.2) is 0 Å². The normalized spacial score (nSPS) is 37.6. The summed E-state index contributed by atoms with van der Waals surface area (Å²) in [5, 5.41) is 19.8. The average molecular weight is 345 g/mol. The number of carboxylic acid groups (broad SMARTS) is 1. The van der Waals surface area contributed by atoms with Crippen molar-refractivity contribution in [2.24, 2.45) is 0 Å². The van der Waals surface area contributed by atoms with Crippen molar-refractivity contribution in [2.45, 2.75) is 40.4 Å². The van der Waals surface area contributed by atoms with Crippen LogP contribution in [-0.4, -0.2) is 55.4 Å². The zero-order valence-electron chi connectivity index (χ0n) is 10.7. The number of hydrogen-bond donors (Lipinski definition) is 2. The lowest BCUT2D eigenvalue weighted by Crippen LogP contribution is -2.50. The van der Waals surface area contributed by atoms with Crippen LogP contribution in [0.5, 0.6) is 0 Å². The summed E-state index contributed by atoms with van der Waals surface area (Å²) < 4.78 is 3.98. The molecule has 3 atom stereocenters. The molecule has 2 N–H and O–H groups in total. The van der Waals surface area contributed by atoms with E-state index in [-0.39, 0.29) is 13.0 Å². The summed E-state index contributed by atoms with van der Waals surface area (Å²) in [5.74, 6) is 0. The van der Waals surface area contributed by atoms with Crippen LogP contribution in [0.1, 0.15) is 19.3 Å². The standard InChI is InChI=1S/C12H16Cl3NO4/c1-2-3-8-11(19,12(13,14)15)6-10(20-8)4-5-16(7-10)9(17)18/h2,8,19H,1,3-7H2,(H,17,18). The summed E-state index contributed by atoms with van der Waals surface area (Å²) in [6.07, 6.45) is 0.708. The highest BCUT2D eigenvalue weighted by molar-refractivity contribution is 6.68. The van der Waals surface area contributed by atoms with E-state index in [2.05, 4.69) is 6.58 Å². The van der Waals surface area contributed by atoms with E-state index in [9.17, 15) is 9.90 Å². The maximum atomic E-state index is 11.0. The second-order valence-corrected chi connectivity index (χ2v) is 7.65. The quantitative estimate of drug-likeness (QED) is 0.597. The molecule has 0 radical (unpaired) electrons. The van der Waals surface area contributed by atoms with E-state index in [0.29, 0.717) is 19.4 Å². The predicted octanol–water partition coefficient (Wildman–Crippen LogP) is 2.58. The van der Waals surface area contributed by atoms with Crippen LogP contribution in [0.25, 0.3) is 0 Å². The lowest BCUT2D eigenvalue weighted by Gasteiger charge is -2.34. The van der Waals surface area contributed by atoms with Crippen molar-refractivity contribution in [3.05, 3.63) is 12.7 Å². The highest BCUT2D eigenvalue weighted by atomic mass is 35.6. The number of likely N-dealkylation sites (tertiary alicyclic amines) is 1. The third kappa shape index (κ3) is 2.62. The van der Waals surface area contributed by atoms with Crippen LogP contribution in [0.2, 0.25) is 0 Å². The third-order valence-electron chi connectivity index (χ3n) is 3.98. The van der Waals surface area contributed by atoms with Crippen LogP contribution in [-0.2, 0) is 4.74 Å². The van der Waals surface area contributed by atoms with Crippen LogP contribution in [0.15, 0.2) is 12.7 Å². The first-order chi connectivity index (χ1) is 9.13. The molecule has 0 aromatic carbocycles. The maximum Gasteiger partial charge on any atom is 0.407 e. The Kier molecular flexibility index (Phi) is 4.22. The minimum atomic E-state index is -1.92. The van der Waals surface area contributed by atoms with Crippen LogP contribution in [0.4, 0.5) is 4.79 Å². The molecule has 20 heavy (non-hydrogen) atoms. The molecule has 0 saturated carbocycles. The van der Waals surface area contributed by atoms with Crippen molar-refractivity contribution in [3.8, 4) is 0 Å². The molecule has 2 saturated heterocycles. The molecule has 0 aromatic rings. The van der Waals surface area contributed by atoms with E-state index >= 15 is 0 Å². The Labute approximate surface area is 132 Å². The highest BCUT2D eigenvalue weighted by Gasteiger charge is 2.64. The molecule has 0 bridgehead atoms. The monoisotopic (exact) mass is 343 g/mol. The Morgan fingerprint density at radius 1 is 1.55 bits per heavy atom. The fraction of sp³-hybridized carbons (Fsp3) is 0.750. The van der Waals surface area contributed by atoms with E-state index in [1.807, 2.05) is 0 Å². The van der Waals surface area contributed by atoms with Gasteiger partial charge >= 0.3 is 6.09 Å². The summed E-state index contributed by atoms with van der Waals surface area (Å²) in [6.45, 7) is 4.11. The molecule has 2 aliphatic heterocycles. The summed E-state index contributed by atoms with van der Waals surface area (Å²) in [7, 11) is 0. The lowest BCUT2D eigenvalue weighted by molar-refractivity contribution is -0.0687. The summed E-state index contributed by atoms with van der Waals surface area (Å²) in [6, 6.07) is 0. The fourth-order valence-electron chi connectivity index (χ4n) is 2.97. The summed E-state index contributed by atoms with van der Waals surface area (Å²) >= 11 is 17.7. The van der Waals surface area contributed by atoms with Gasteiger partial charge in [-0.25, -0.2) is 4.79 Å². The zero-order chi connectivity index (χ0) is 15.2. The molecule has 114 valence electrons. The van der Waals surface area contributed by atoms with Gasteiger partial charge in [0.25, 0.3) is 0 Å².